The van der Waals surface area contributed by atoms with E-state index in [2.05, 4.69) is 44.9 Å². The van der Waals surface area contributed by atoms with Crippen molar-refractivity contribution in [2.45, 2.75) is 20.4 Å². The van der Waals surface area contributed by atoms with E-state index in [1.54, 1.807) is 6.21 Å². The van der Waals surface area contributed by atoms with Crippen LogP contribution in [0.2, 0.25) is 0 Å². The molecule has 0 aliphatic carbocycles. The minimum atomic E-state index is 0.525. The Balaban J connectivity index is 1.47. The van der Waals surface area contributed by atoms with Gasteiger partial charge in [0.2, 0.25) is 0 Å². The Labute approximate surface area is 171 Å². The van der Waals surface area contributed by atoms with E-state index in [1.165, 1.54) is 5.56 Å². The van der Waals surface area contributed by atoms with Gasteiger partial charge in [-0.25, -0.2) is 0 Å². The summed E-state index contributed by atoms with van der Waals surface area (Å²) in [7, 11) is 0. The van der Waals surface area contributed by atoms with Crippen LogP contribution in [0.3, 0.4) is 0 Å². The molecule has 0 amide bonds. The third kappa shape index (κ3) is 5.85. The number of nitrogens with one attached hydrogen (secondary N) is 2. The average Bonchev–Trinajstić information content (AvgIpc) is 2.97. The van der Waals surface area contributed by atoms with Crippen LogP contribution < -0.4 is 10.7 Å². The first kappa shape index (κ1) is 20.4. The fourth-order valence-corrected chi connectivity index (χ4v) is 3.31. The molecule has 3 rings (SSSR count). The monoisotopic (exact) mass is 400 g/mol. The van der Waals surface area contributed by atoms with Crippen molar-refractivity contribution in [3.63, 3.8) is 0 Å². The molecular formula is C20H28N6OS. The van der Waals surface area contributed by atoms with E-state index in [-0.39, 0.29) is 0 Å². The average molecular weight is 401 g/mol. The molecule has 1 saturated heterocycles. The minimum Gasteiger partial charge on any atom is -0.379 e. The lowest BCUT2D eigenvalue weighted by Crippen LogP contribution is -2.42. The normalized spacial score (nSPS) is 15.1. The predicted octanol–water partition coefficient (Wildman–Crippen LogP) is 1.68. The van der Waals surface area contributed by atoms with Crippen molar-refractivity contribution in [1.82, 2.24) is 25.4 Å². The van der Waals surface area contributed by atoms with Gasteiger partial charge in [0.25, 0.3) is 0 Å². The van der Waals surface area contributed by atoms with Crippen LogP contribution in [-0.2, 0) is 11.3 Å². The third-order valence-corrected chi connectivity index (χ3v) is 5.03. The molecule has 0 saturated carbocycles. The van der Waals surface area contributed by atoms with Gasteiger partial charge in [-0.05, 0) is 31.6 Å². The third-order valence-electron chi connectivity index (χ3n) is 4.79. The number of hydrogen-bond donors (Lipinski definition) is 2. The second-order valence-corrected chi connectivity index (χ2v) is 7.22. The standard InChI is InChI=1S/C20H28N6OS/c1-16-19(17(2)26(24-16)15-18-6-4-3-5-7-18)14-22-23-20(28)21-8-9-25-10-12-27-13-11-25/h3-7,14H,8-13,15H2,1-2H3,(H2,21,23,28)/b22-14-. The Bertz CT molecular complexity index is 799. The van der Waals surface area contributed by atoms with Crippen LogP contribution in [0.25, 0.3) is 0 Å². The zero-order valence-electron chi connectivity index (χ0n) is 16.5. The maximum Gasteiger partial charge on any atom is 0.187 e. The van der Waals surface area contributed by atoms with Crippen LogP contribution in [0, 0.1) is 13.8 Å². The number of thiocarbonyl (C=S) groups is 1. The van der Waals surface area contributed by atoms with Crippen molar-refractivity contribution in [2.75, 3.05) is 39.4 Å². The number of nitrogens with zero attached hydrogens (tertiary/aromatic N) is 4. The zero-order chi connectivity index (χ0) is 19.8. The summed E-state index contributed by atoms with van der Waals surface area (Å²) in [6.45, 7) is 10.1. The highest BCUT2D eigenvalue weighted by molar-refractivity contribution is 7.80. The van der Waals surface area contributed by atoms with E-state index < -0.39 is 0 Å². The number of morpholine rings is 1. The molecule has 28 heavy (non-hydrogen) atoms. The van der Waals surface area contributed by atoms with Crippen molar-refractivity contribution in [1.29, 1.82) is 0 Å². The molecule has 1 aliphatic rings. The summed E-state index contributed by atoms with van der Waals surface area (Å²) in [6.07, 6.45) is 1.79. The molecule has 1 aromatic heterocycles. The zero-order valence-corrected chi connectivity index (χ0v) is 17.3. The highest BCUT2D eigenvalue weighted by atomic mass is 32.1. The number of ether oxygens (including phenoxy) is 1. The summed E-state index contributed by atoms with van der Waals surface area (Å²) < 4.78 is 7.36. The van der Waals surface area contributed by atoms with Crippen LogP contribution in [0.5, 0.6) is 0 Å². The Morgan fingerprint density at radius 1 is 1.25 bits per heavy atom. The SMILES string of the molecule is Cc1nn(Cc2ccccc2)c(C)c1/C=N\NC(=S)NCCN1CCOCC1. The molecule has 1 aliphatic heterocycles. The van der Waals surface area contributed by atoms with Crippen LogP contribution in [0.15, 0.2) is 35.4 Å². The van der Waals surface area contributed by atoms with Gasteiger partial charge in [0.15, 0.2) is 5.11 Å². The summed E-state index contributed by atoms with van der Waals surface area (Å²) in [5.41, 5.74) is 7.16. The Morgan fingerprint density at radius 2 is 2.00 bits per heavy atom. The number of hydrazone groups is 1. The molecule has 1 aromatic carbocycles. The number of aryl methyl sites for hydroxylation is 1. The Morgan fingerprint density at radius 3 is 2.75 bits per heavy atom. The van der Waals surface area contributed by atoms with Crippen molar-refractivity contribution in [2.24, 2.45) is 5.10 Å². The molecular weight excluding hydrogens is 372 g/mol. The summed E-state index contributed by atoms with van der Waals surface area (Å²) in [4.78, 5) is 2.36. The molecule has 2 aromatic rings. The van der Waals surface area contributed by atoms with Crippen molar-refractivity contribution in [3.05, 3.63) is 52.8 Å². The van der Waals surface area contributed by atoms with Gasteiger partial charge in [-0.3, -0.25) is 15.0 Å². The van der Waals surface area contributed by atoms with Gasteiger partial charge in [0.1, 0.15) is 0 Å². The van der Waals surface area contributed by atoms with E-state index >= 15 is 0 Å². The van der Waals surface area contributed by atoms with Gasteiger partial charge in [-0.15, -0.1) is 0 Å². The lowest BCUT2D eigenvalue weighted by Gasteiger charge is -2.26. The van der Waals surface area contributed by atoms with E-state index in [9.17, 15) is 0 Å². The molecule has 150 valence electrons. The topological polar surface area (TPSA) is 66.7 Å². The second-order valence-electron chi connectivity index (χ2n) is 6.81. The molecule has 2 N–H and O–H groups in total. The van der Waals surface area contributed by atoms with Crippen molar-refractivity contribution < 1.29 is 4.74 Å². The molecule has 7 nitrogen and oxygen atoms in total. The van der Waals surface area contributed by atoms with Gasteiger partial charge in [-0.1, -0.05) is 30.3 Å². The van der Waals surface area contributed by atoms with E-state index in [1.807, 2.05) is 29.8 Å². The highest BCUT2D eigenvalue weighted by Crippen LogP contribution is 2.12. The molecule has 0 unspecified atom stereocenters. The fourth-order valence-electron chi connectivity index (χ4n) is 3.16. The summed E-state index contributed by atoms with van der Waals surface area (Å²) >= 11 is 5.29. The van der Waals surface area contributed by atoms with Crippen molar-refractivity contribution >= 4 is 23.5 Å². The predicted molar refractivity (Wildman–Crippen MR) is 116 cm³/mol. The van der Waals surface area contributed by atoms with Gasteiger partial charge < -0.3 is 10.1 Å². The first-order chi connectivity index (χ1) is 13.6. The van der Waals surface area contributed by atoms with Gasteiger partial charge >= 0.3 is 0 Å². The van der Waals surface area contributed by atoms with E-state index in [4.69, 9.17) is 17.0 Å². The minimum absolute atomic E-state index is 0.525. The smallest absolute Gasteiger partial charge is 0.187 e. The first-order valence-corrected chi connectivity index (χ1v) is 9.99. The maximum absolute atomic E-state index is 5.35. The molecule has 1 fully saturated rings. The van der Waals surface area contributed by atoms with E-state index in [0.717, 1.165) is 62.9 Å². The first-order valence-electron chi connectivity index (χ1n) is 9.58. The Kier molecular flexibility index (Phi) is 7.53. The van der Waals surface area contributed by atoms with E-state index in [0.29, 0.717) is 5.11 Å². The van der Waals surface area contributed by atoms with Crippen LogP contribution in [0.4, 0.5) is 0 Å². The second kappa shape index (κ2) is 10.3. The fraction of sp³-hybridized carbons (Fsp3) is 0.450. The summed E-state index contributed by atoms with van der Waals surface area (Å²) in [6, 6.07) is 10.3. The summed E-state index contributed by atoms with van der Waals surface area (Å²) in [5.74, 6) is 0. The highest BCUT2D eigenvalue weighted by Gasteiger charge is 2.11. The molecule has 0 radical (unpaired) electrons. The van der Waals surface area contributed by atoms with Crippen LogP contribution in [-0.4, -0.2) is 65.4 Å². The van der Waals surface area contributed by atoms with Crippen LogP contribution >= 0.6 is 12.2 Å². The lowest BCUT2D eigenvalue weighted by atomic mass is 10.2. The van der Waals surface area contributed by atoms with Crippen molar-refractivity contribution in [3.8, 4) is 0 Å². The number of rotatable bonds is 7. The molecule has 8 heteroatoms. The molecule has 0 spiro atoms. The van der Waals surface area contributed by atoms with Gasteiger partial charge in [0, 0.05) is 37.4 Å². The lowest BCUT2D eigenvalue weighted by molar-refractivity contribution is 0.0389. The Hall–Kier alpha value is -2.29. The van der Waals surface area contributed by atoms with Gasteiger partial charge in [0.05, 0.1) is 31.7 Å². The number of hydrogen-bond acceptors (Lipinski definition) is 5. The molecule has 0 atom stereocenters. The maximum atomic E-state index is 5.35. The molecule has 0 bridgehead atoms. The molecule has 2 heterocycles. The quantitative estimate of drug-likeness (QED) is 0.419. The number of benzene rings is 1. The number of aromatic nitrogens is 2. The van der Waals surface area contributed by atoms with Gasteiger partial charge in [-0.2, -0.15) is 10.2 Å². The largest absolute Gasteiger partial charge is 0.379 e. The summed E-state index contributed by atoms with van der Waals surface area (Å²) in [5, 5.41) is 12.6. The van der Waals surface area contributed by atoms with Crippen LogP contribution in [0.1, 0.15) is 22.5 Å².